The number of rotatable bonds is 9. The summed E-state index contributed by atoms with van der Waals surface area (Å²) < 4.78 is 29.8. The van der Waals surface area contributed by atoms with Crippen molar-refractivity contribution in [3.05, 3.63) is 24.3 Å². The van der Waals surface area contributed by atoms with Crippen LogP contribution in [0.1, 0.15) is 26.2 Å². The van der Waals surface area contributed by atoms with Gasteiger partial charge < -0.3 is 14.9 Å². The van der Waals surface area contributed by atoms with E-state index in [1.165, 1.54) is 31.4 Å². The minimum absolute atomic E-state index is 0.000860. The molecule has 1 aromatic carbocycles. The topological polar surface area (TPSA) is 125 Å². The largest absolute Gasteiger partial charge is 0.497 e. The van der Waals surface area contributed by atoms with Crippen LogP contribution in [0.5, 0.6) is 5.75 Å². The van der Waals surface area contributed by atoms with Crippen molar-refractivity contribution in [3.8, 4) is 5.75 Å². The van der Waals surface area contributed by atoms with E-state index in [9.17, 15) is 18.0 Å². The first-order valence-corrected chi connectivity index (χ1v) is 9.06. The number of benzene rings is 1. The number of sulfone groups is 1. The third-order valence-corrected chi connectivity index (χ3v) is 5.06. The zero-order valence-corrected chi connectivity index (χ0v) is 14.5. The second-order valence-electron chi connectivity index (χ2n) is 5.12. The summed E-state index contributed by atoms with van der Waals surface area (Å²) in [5.41, 5.74) is 0. The Labute approximate surface area is 141 Å². The van der Waals surface area contributed by atoms with Crippen molar-refractivity contribution in [3.63, 3.8) is 0 Å². The molecule has 0 bridgehead atoms. The normalized spacial score (nSPS) is 12.3. The number of carbonyl (C=O) groups is 2. The molecule has 0 saturated heterocycles. The average Bonchev–Trinajstić information content (AvgIpc) is 2.58. The Kier molecular flexibility index (Phi) is 7.66. The summed E-state index contributed by atoms with van der Waals surface area (Å²) in [5.74, 6) is 3.24. The highest BCUT2D eigenvalue weighted by molar-refractivity contribution is 7.91. The van der Waals surface area contributed by atoms with Crippen LogP contribution < -0.4 is 16.0 Å². The molecule has 1 atom stereocenters. The van der Waals surface area contributed by atoms with Crippen molar-refractivity contribution >= 4 is 21.7 Å². The molecule has 0 spiro atoms. The SMILES string of the molecule is CCCCC(=O)NC(CS(=O)(=O)c1ccc(OC)cc1)C(=O)ON. The number of methoxy groups -OCH3 is 1. The summed E-state index contributed by atoms with van der Waals surface area (Å²) in [7, 11) is -2.37. The van der Waals surface area contributed by atoms with Crippen molar-refractivity contribution in [1.82, 2.24) is 5.32 Å². The van der Waals surface area contributed by atoms with Crippen molar-refractivity contribution in [2.75, 3.05) is 12.9 Å². The number of carbonyl (C=O) groups excluding carboxylic acids is 2. The monoisotopic (exact) mass is 358 g/mol. The maximum Gasteiger partial charge on any atom is 0.348 e. The minimum Gasteiger partial charge on any atom is -0.497 e. The Morgan fingerprint density at radius 2 is 1.88 bits per heavy atom. The predicted octanol–water partition coefficient (Wildman–Crippen LogP) is 0.561. The molecule has 1 aromatic rings. The molecule has 1 unspecified atom stereocenters. The fourth-order valence-corrected chi connectivity index (χ4v) is 3.35. The van der Waals surface area contributed by atoms with Crippen molar-refractivity contribution < 1.29 is 27.6 Å². The van der Waals surface area contributed by atoms with Gasteiger partial charge >= 0.3 is 5.97 Å². The summed E-state index contributed by atoms with van der Waals surface area (Å²) >= 11 is 0. The number of hydrogen-bond donors (Lipinski definition) is 2. The van der Waals surface area contributed by atoms with Gasteiger partial charge in [-0.25, -0.2) is 13.2 Å². The van der Waals surface area contributed by atoms with Gasteiger partial charge in [-0.1, -0.05) is 13.3 Å². The van der Waals surface area contributed by atoms with E-state index in [4.69, 9.17) is 10.6 Å². The van der Waals surface area contributed by atoms with Crippen molar-refractivity contribution in [1.29, 1.82) is 0 Å². The summed E-state index contributed by atoms with van der Waals surface area (Å²) in [6, 6.07) is 4.33. The van der Waals surface area contributed by atoms with Crippen LogP contribution in [-0.2, 0) is 24.3 Å². The molecule has 0 aliphatic carbocycles. The quantitative estimate of drug-likeness (QED) is 0.618. The van der Waals surface area contributed by atoms with Gasteiger partial charge in [-0.3, -0.25) is 4.79 Å². The molecule has 0 fully saturated rings. The van der Waals surface area contributed by atoms with Gasteiger partial charge in [0.05, 0.1) is 17.8 Å². The molecular formula is C15H22N2O6S. The highest BCUT2D eigenvalue weighted by Crippen LogP contribution is 2.17. The molecule has 9 heteroatoms. The molecule has 0 aliphatic rings. The van der Waals surface area contributed by atoms with Gasteiger partial charge in [0, 0.05) is 6.42 Å². The van der Waals surface area contributed by atoms with Gasteiger partial charge in [0.25, 0.3) is 0 Å². The third kappa shape index (κ3) is 5.82. The van der Waals surface area contributed by atoms with Crippen LogP contribution >= 0.6 is 0 Å². The minimum atomic E-state index is -3.83. The fraction of sp³-hybridized carbons (Fsp3) is 0.467. The number of hydrogen-bond acceptors (Lipinski definition) is 7. The lowest BCUT2D eigenvalue weighted by Crippen LogP contribution is -2.46. The smallest absolute Gasteiger partial charge is 0.348 e. The zero-order chi connectivity index (χ0) is 18.2. The zero-order valence-electron chi connectivity index (χ0n) is 13.7. The van der Waals surface area contributed by atoms with Crippen LogP contribution in [0.3, 0.4) is 0 Å². The van der Waals surface area contributed by atoms with Crippen molar-refractivity contribution in [2.24, 2.45) is 5.90 Å². The van der Waals surface area contributed by atoms with Gasteiger partial charge in [0.1, 0.15) is 11.8 Å². The predicted molar refractivity (Wildman–Crippen MR) is 86.8 cm³/mol. The Morgan fingerprint density at radius 3 is 2.38 bits per heavy atom. The molecule has 8 nitrogen and oxygen atoms in total. The van der Waals surface area contributed by atoms with E-state index in [1.54, 1.807) is 0 Å². The van der Waals surface area contributed by atoms with Crippen LogP contribution in [0.2, 0.25) is 0 Å². The van der Waals surface area contributed by atoms with Gasteiger partial charge in [-0.2, -0.15) is 5.90 Å². The lowest BCUT2D eigenvalue weighted by Gasteiger charge is -2.16. The standard InChI is InChI=1S/C15H22N2O6S/c1-3-4-5-14(18)17-13(15(19)23-16)10-24(20,21)12-8-6-11(22-2)7-9-12/h6-9,13H,3-5,10,16H2,1-2H3,(H,17,18). The molecule has 24 heavy (non-hydrogen) atoms. The molecule has 1 amide bonds. The van der Waals surface area contributed by atoms with Crippen LogP contribution in [0.15, 0.2) is 29.2 Å². The lowest BCUT2D eigenvalue weighted by atomic mass is 10.2. The molecular weight excluding hydrogens is 336 g/mol. The van der Waals surface area contributed by atoms with E-state index < -0.39 is 33.5 Å². The first kappa shape index (κ1) is 19.9. The summed E-state index contributed by atoms with van der Waals surface area (Å²) in [4.78, 5) is 27.6. The molecule has 1 rings (SSSR count). The summed E-state index contributed by atoms with van der Waals surface area (Å²) in [6.07, 6.45) is 1.61. The van der Waals surface area contributed by atoms with E-state index in [0.29, 0.717) is 12.2 Å². The number of ether oxygens (including phenoxy) is 1. The highest BCUT2D eigenvalue weighted by atomic mass is 32.2. The van der Waals surface area contributed by atoms with Crippen LogP contribution in [-0.4, -0.2) is 39.2 Å². The number of unbranched alkanes of at least 4 members (excludes halogenated alkanes) is 1. The van der Waals surface area contributed by atoms with Gasteiger partial charge in [0.2, 0.25) is 5.91 Å². The second kappa shape index (κ2) is 9.24. The fourth-order valence-electron chi connectivity index (χ4n) is 1.95. The average molecular weight is 358 g/mol. The Bertz CT molecular complexity index is 657. The molecule has 0 saturated carbocycles. The maximum atomic E-state index is 12.4. The van der Waals surface area contributed by atoms with Crippen LogP contribution in [0, 0.1) is 0 Å². The third-order valence-electron chi connectivity index (χ3n) is 3.30. The Balaban J connectivity index is 2.90. The first-order valence-electron chi connectivity index (χ1n) is 7.40. The Morgan fingerprint density at radius 1 is 1.25 bits per heavy atom. The second-order valence-corrected chi connectivity index (χ2v) is 7.15. The van der Waals surface area contributed by atoms with E-state index in [1.807, 2.05) is 6.92 Å². The Hall–Kier alpha value is -2.13. The molecule has 0 radical (unpaired) electrons. The van der Waals surface area contributed by atoms with Gasteiger partial charge in [-0.05, 0) is 30.7 Å². The molecule has 0 aliphatic heterocycles. The van der Waals surface area contributed by atoms with E-state index in [2.05, 4.69) is 10.2 Å². The highest BCUT2D eigenvalue weighted by Gasteiger charge is 2.29. The van der Waals surface area contributed by atoms with E-state index >= 15 is 0 Å². The summed E-state index contributed by atoms with van der Waals surface area (Å²) in [5, 5.41) is 2.35. The van der Waals surface area contributed by atoms with Crippen LogP contribution in [0.4, 0.5) is 0 Å². The first-order chi connectivity index (χ1) is 11.3. The number of nitrogens with one attached hydrogen (secondary N) is 1. The van der Waals surface area contributed by atoms with E-state index in [0.717, 1.165) is 6.42 Å². The molecule has 3 N–H and O–H groups in total. The molecule has 0 aromatic heterocycles. The number of nitrogens with two attached hydrogens (primary N) is 1. The van der Waals surface area contributed by atoms with Crippen LogP contribution in [0.25, 0.3) is 0 Å². The molecule has 134 valence electrons. The lowest BCUT2D eigenvalue weighted by molar-refractivity contribution is -0.147. The maximum absolute atomic E-state index is 12.4. The van der Waals surface area contributed by atoms with Gasteiger partial charge in [-0.15, -0.1) is 0 Å². The van der Waals surface area contributed by atoms with Crippen molar-refractivity contribution in [2.45, 2.75) is 37.1 Å². The summed E-state index contributed by atoms with van der Waals surface area (Å²) in [6.45, 7) is 1.91. The molecule has 0 heterocycles. The number of amides is 1. The van der Waals surface area contributed by atoms with Gasteiger partial charge in [0.15, 0.2) is 9.84 Å². The van der Waals surface area contributed by atoms with E-state index in [-0.39, 0.29) is 11.3 Å².